The average Bonchev–Trinajstić information content (AvgIpc) is 2.52. The fraction of sp³-hybridized carbons (Fsp3) is 0.895. The highest BCUT2D eigenvalue weighted by Crippen LogP contribution is 2.30. The number of aliphatic hydroxyl groups is 1. The summed E-state index contributed by atoms with van der Waals surface area (Å²) in [5.74, 6) is 0.769. The molecule has 1 aliphatic heterocycles. The van der Waals surface area contributed by atoms with Crippen LogP contribution in [-0.4, -0.2) is 66.5 Å². The Morgan fingerprint density at radius 3 is 2.26 bits per heavy atom. The molecule has 0 saturated carbocycles. The molecule has 0 atom stereocenters. The number of carbonyl (C=O) groups excluding carboxylic acids is 1. The Balaban J connectivity index is 0.00000676. The van der Waals surface area contributed by atoms with Crippen LogP contribution in [0.1, 0.15) is 60.8 Å². The molecule has 0 aromatic heterocycles. The number of likely N-dealkylation sites (tertiary alicyclic amines) is 1. The topological polar surface area (TPSA) is 86.2 Å². The first-order valence-corrected chi connectivity index (χ1v) is 9.82. The maximum atomic E-state index is 12.0. The summed E-state index contributed by atoms with van der Waals surface area (Å²) in [5.41, 5.74) is -0.429. The van der Waals surface area contributed by atoms with Gasteiger partial charge in [-0.1, -0.05) is 13.8 Å². The number of halogens is 1. The van der Waals surface area contributed by atoms with Crippen molar-refractivity contribution in [1.82, 2.24) is 15.5 Å². The molecule has 1 fully saturated rings. The second-order valence-electron chi connectivity index (χ2n) is 8.10. The first kappa shape index (κ1) is 26.2. The van der Waals surface area contributed by atoms with Crippen LogP contribution in [0.3, 0.4) is 0 Å². The molecule has 0 aromatic rings. The lowest BCUT2D eigenvalue weighted by molar-refractivity contribution is 0.00700. The van der Waals surface area contributed by atoms with E-state index < -0.39 is 5.60 Å². The van der Waals surface area contributed by atoms with Gasteiger partial charge in [0.2, 0.25) is 0 Å². The van der Waals surface area contributed by atoms with Crippen molar-refractivity contribution in [2.45, 2.75) is 72.4 Å². The zero-order chi connectivity index (χ0) is 19.8. The van der Waals surface area contributed by atoms with E-state index in [1.165, 1.54) is 0 Å². The van der Waals surface area contributed by atoms with Crippen molar-refractivity contribution in [3.63, 3.8) is 0 Å². The van der Waals surface area contributed by atoms with E-state index in [1.807, 2.05) is 27.7 Å². The highest BCUT2D eigenvalue weighted by atomic mass is 127. The summed E-state index contributed by atoms with van der Waals surface area (Å²) in [6.45, 7) is 14.8. The second-order valence-corrected chi connectivity index (χ2v) is 8.10. The Hall–Kier alpha value is -0.770. The van der Waals surface area contributed by atoms with E-state index in [4.69, 9.17) is 9.73 Å². The third kappa shape index (κ3) is 8.85. The maximum Gasteiger partial charge on any atom is 0.410 e. The Morgan fingerprint density at radius 1 is 1.22 bits per heavy atom. The molecule has 7 nitrogen and oxygen atoms in total. The molecule has 1 rings (SSSR count). The number of hydrogen-bond acceptors (Lipinski definition) is 4. The molecule has 8 heteroatoms. The van der Waals surface area contributed by atoms with E-state index >= 15 is 0 Å². The zero-order valence-electron chi connectivity index (χ0n) is 17.8. The van der Waals surface area contributed by atoms with Crippen molar-refractivity contribution in [3.05, 3.63) is 0 Å². The largest absolute Gasteiger partial charge is 0.444 e. The Kier molecular flexibility index (Phi) is 11.6. The first-order chi connectivity index (χ1) is 12.2. The fourth-order valence-corrected chi connectivity index (χ4v) is 2.95. The van der Waals surface area contributed by atoms with Gasteiger partial charge in [-0.3, -0.25) is 4.99 Å². The van der Waals surface area contributed by atoms with Gasteiger partial charge in [0.1, 0.15) is 5.60 Å². The number of ether oxygens (including phenoxy) is 1. The predicted octanol–water partition coefficient (Wildman–Crippen LogP) is 2.97. The van der Waals surface area contributed by atoms with Crippen LogP contribution >= 0.6 is 24.0 Å². The highest BCUT2D eigenvalue weighted by Gasteiger charge is 2.34. The van der Waals surface area contributed by atoms with Crippen molar-refractivity contribution in [1.29, 1.82) is 0 Å². The number of carbonyl (C=O) groups is 1. The molecule has 0 bridgehead atoms. The van der Waals surface area contributed by atoms with E-state index in [9.17, 15) is 9.90 Å². The number of aliphatic imine (C=N–C) groups is 1. The number of hydrogen-bond donors (Lipinski definition) is 3. The van der Waals surface area contributed by atoms with E-state index in [-0.39, 0.29) is 48.1 Å². The molecule has 160 valence electrons. The molecule has 0 spiro atoms. The molecule has 1 aliphatic rings. The van der Waals surface area contributed by atoms with Gasteiger partial charge in [-0.05, 0) is 52.4 Å². The van der Waals surface area contributed by atoms with Crippen LogP contribution < -0.4 is 10.6 Å². The van der Waals surface area contributed by atoms with Gasteiger partial charge in [0, 0.05) is 32.8 Å². The number of guanidine groups is 1. The van der Waals surface area contributed by atoms with Crippen LogP contribution in [0.15, 0.2) is 4.99 Å². The van der Waals surface area contributed by atoms with Crippen LogP contribution in [0.25, 0.3) is 0 Å². The smallest absolute Gasteiger partial charge is 0.410 e. The normalized spacial score (nSPS) is 15.7. The third-order valence-corrected chi connectivity index (χ3v) is 4.93. The Labute approximate surface area is 181 Å². The summed E-state index contributed by atoms with van der Waals surface area (Å²) in [5, 5.41) is 16.0. The molecule has 0 radical (unpaired) electrons. The minimum atomic E-state index is -0.470. The zero-order valence-corrected chi connectivity index (χ0v) is 20.1. The molecule has 27 heavy (non-hydrogen) atoms. The summed E-state index contributed by atoms with van der Waals surface area (Å²) < 4.78 is 5.38. The SMILES string of the molecule is CCNC(=NCC(CC)(CC)CCO)NC1CN(C(=O)OC(C)(C)C)C1.I. The summed E-state index contributed by atoms with van der Waals surface area (Å²) in [4.78, 5) is 18.5. The number of nitrogens with one attached hydrogen (secondary N) is 2. The van der Waals surface area contributed by atoms with E-state index in [0.29, 0.717) is 19.6 Å². The van der Waals surface area contributed by atoms with E-state index in [1.54, 1.807) is 4.90 Å². The van der Waals surface area contributed by atoms with Crippen molar-refractivity contribution in [2.24, 2.45) is 10.4 Å². The van der Waals surface area contributed by atoms with Crippen LogP contribution in [-0.2, 0) is 4.74 Å². The van der Waals surface area contributed by atoms with Gasteiger partial charge in [0.25, 0.3) is 0 Å². The minimum absolute atomic E-state index is 0. The van der Waals surface area contributed by atoms with Crippen molar-refractivity contribution >= 4 is 36.0 Å². The van der Waals surface area contributed by atoms with Gasteiger partial charge in [-0.25, -0.2) is 4.79 Å². The summed E-state index contributed by atoms with van der Waals surface area (Å²) in [6.07, 6.45) is 2.47. The molecule has 0 unspecified atom stereocenters. The van der Waals surface area contributed by atoms with Crippen LogP contribution in [0.4, 0.5) is 4.79 Å². The fourth-order valence-electron chi connectivity index (χ4n) is 2.95. The number of aliphatic hydroxyl groups excluding tert-OH is 1. The number of nitrogens with zero attached hydrogens (tertiary/aromatic N) is 2. The highest BCUT2D eigenvalue weighted by molar-refractivity contribution is 14.0. The summed E-state index contributed by atoms with van der Waals surface area (Å²) >= 11 is 0. The molecular weight excluding hydrogens is 459 g/mol. The lowest BCUT2D eigenvalue weighted by Gasteiger charge is -2.40. The molecule has 1 saturated heterocycles. The second kappa shape index (κ2) is 11.9. The standard InChI is InChI=1S/C19H38N4O3.HI/c1-7-19(8-2,10-11-24)14-21-16(20-9-3)22-15-12-23(13-15)17(25)26-18(4,5)6;/h15,24H,7-14H2,1-6H3,(H2,20,21,22);1H. The van der Waals surface area contributed by atoms with Gasteiger partial charge in [-0.2, -0.15) is 0 Å². The average molecular weight is 498 g/mol. The van der Waals surface area contributed by atoms with Crippen molar-refractivity contribution in [2.75, 3.05) is 32.8 Å². The van der Waals surface area contributed by atoms with Gasteiger partial charge in [-0.15, -0.1) is 24.0 Å². The molecular formula is C19H39IN4O3. The molecule has 0 aliphatic carbocycles. The van der Waals surface area contributed by atoms with Crippen molar-refractivity contribution < 1.29 is 14.6 Å². The predicted molar refractivity (Wildman–Crippen MR) is 121 cm³/mol. The van der Waals surface area contributed by atoms with Gasteiger partial charge in [0.05, 0.1) is 6.04 Å². The summed E-state index contributed by atoms with van der Waals surface area (Å²) in [6, 6.07) is 0.177. The van der Waals surface area contributed by atoms with Gasteiger partial charge >= 0.3 is 6.09 Å². The molecule has 0 aromatic carbocycles. The first-order valence-electron chi connectivity index (χ1n) is 9.82. The Bertz CT molecular complexity index is 470. The summed E-state index contributed by atoms with van der Waals surface area (Å²) in [7, 11) is 0. The molecule has 3 N–H and O–H groups in total. The van der Waals surface area contributed by atoms with E-state index in [0.717, 1.165) is 31.8 Å². The maximum absolute atomic E-state index is 12.0. The van der Waals surface area contributed by atoms with Gasteiger partial charge < -0.3 is 25.4 Å². The quantitative estimate of drug-likeness (QED) is 0.272. The third-order valence-electron chi connectivity index (χ3n) is 4.93. The van der Waals surface area contributed by atoms with Crippen LogP contribution in [0, 0.1) is 5.41 Å². The monoisotopic (exact) mass is 498 g/mol. The molecule has 1 heterocycles. The Morgan fingerprint density at radius 2 is 1.81 bits per heavy atom. The minimum Gasteiger partial charge on any atom is -0.444 e. The lowest BCUT2D eigenvalue weighted by Crippen LogP contribution is -2.63. The van der Waals surface area contributed by atoms with E-state index in [2.05, 4.69) is 24.5 Å². The van der Waals surface area contributed by atoms with Gasteiger partial charge in [0.15, 0.2) is 5.96 Å². The lowest BCUT2D eigenvalue weighted by atomic mass is 9.79. The number of rotatable bonds is 8. The number of amides is 1. The van der Waals surface area contributed by atoms with Crippen LogP contribution in [0.2, 0.25) is 0 Å². The molecule has 1 amide bonds. The van der Waals surface area contributed by atoms with Crippen LogP contribution in [0.5, 0.6) is 0 Å². The van der Waals surface area contributed by atoms with Crippen molar-refractivity contribution in [3.8, 4) is 0 Å².